The molecule has 1 N–H and O–H groups in total. The maximum Gasteiger partial charge on any atom is 0.306 e. The second kappa shape index (κ2) is 54.9. The van der Waals surface area contributed by atoms with Gasteiger partial charge in [-0.1, -0.05) is 254 Å². The maximum absolute atomic E-state index is 12.3. The zero-order chi connectivity index (χ0) is 46.3. The Bertz CT molecular complexity index is 1100. The number of rotatable bonds is 51. The predicted octanol–water partition coefficient (Wildman–Crippen LogP) is 18.6. The molecule has 372 valence electrons. The van der Waals surface area contributed by atoms with Crippen molar-refractivity contribution in [1.82, 2.24) is 0 Å². The molecule has 0 aromatic heterocycles. The van der Waals surface area contributed by atoms with E-state index in [2.05, 4.69) is 74.6 Å². The third-order valence-corrected chi connectivity index (χ3v) is 12.3. The van der Waals surface area contributed by atoms with E-state index in [0.29, 0.717) is 12.8 Å². The molecule has 0 aliphatic heterocycles. The van der Waals surface area contributed by atoms with E-state index in [1.807, 2.05) is 0 Å². The lowest BCUT2D eigenvalue weighted by Gasteiger charge is -2.15. The monoisotopic (exact) mass is 895 g/mol. The molecular formula is C59H106O5. The van der Waals surface area contributed by atoms with Crippen LogP contribution in [0.1, 0.15) is 284 Å². The van der Waals surface area contributed by atoms with Gasteiger partial charge in [-0.05, 0) is 77.0 Å². The lowest BCUT2D eigenvalue weighted by molar-refractivity contribution is -0.161. The number of carbonyl (C=O) groups is 2. The molecule has 0 rings (SSSR count). The minimum absolute atomic E-state index is 0.0686. The van der Waals surface area contributed by atoms with Crippen molar-refractivity contribution in [3.8, 4) is 0 Å². The fourth-order valence-electron chi connectivity index (χ4n) is 8.13. The largest absolute Gasteiger partial charge is 0.462 e. The third-order valence-electron chi connectivity index (χ3n) is 12.3. The number of aliphatic hydroxyl groups excluding tert-OH is 1. The zero-order valence-corrected chi connectivity index (χ0v) is 42.5. The molecular weight excluding hydrogens is 789 g/mol. The molecule has 0 aliphatic rings. The van der Waals surface area contributed by atoms with Gasteiger partial charge in [0.15, 0.2) is 6.10 Å². The maximum atomic E-state index is 12.3. The Hall–Kier alpha value is -2.40. The van der Waals surface area contributed by atoms with Gasteiger partial charge in [-0.25, -0.2) is 0 Å². The second-order valence-electron chi connectivity index (χ2n) is 18.6. The van der Waals surface area contributed by atoms with E-state index in [1.54, 1.807) is 0 Å². The molecule has 5 heteroatoms. The normalized spacial score (nSPS) is 12.6. The molecule has 1 unspecified atom stereocenters. The van der Waals surface area contributed by atoms with Gasteiger partial charge in [-0.2, -0.15) is 0 Å². The Morgan fingerprint density at radius 1 is 0.375 bits per heavy atom. The Labute approximate surface area is 398 Å². The van der Waals surface area contributed by atoms with Gasteiger partial charge in [0.05, 0.1) is 6.61 Å². The number of hydrogen-bond acceptors (Lipinski definition) is 5. The van der Waals surface area contributed by atoms with E-state index in [9.17, 15) is 14.7 Å². The van der Waals surface area contributed by atoms with E-state index in [0.717, 1.165) is 70.6 Å². The highest BCUT2D eigenvalue weighted by molar-refractivity contribution is 5.70. The van der Waals surface area contributed by atoms with Crippen LogP contribution in [0.4, 0.5) is 0 Å². The van der Waals surface area contributed by atoms with Crippen LogP contribution >= 0.6 is 0 Å². The van der Waals surface area contributed by atoms with E-state index >= 15 is 0 Å². The van der Waals surface area contributed by atoms with Gasteiger partial charge in [-0.15, -0.1) is 0 Å². The van der Waals surface area contributed by atoms with Crippen molar-refractivity contribution >= 4 is 11.9 Å². The average molecular weight is 895 g/mol. The molecule has 0 bridgehead atoms. The first kappa shape index (κ1) is 61.6. The minimum Gasteiger partial charge on any atom is -0.462 e. The van der Waals surface area contributed by atoms with Crippen molar-refractivity contribution in [2.75, 3.05) is 13.2 Å². The standard InChI is InChI=1S/C59H106O5/c1-3-5-7-9-11-13-15-17-19-21-22-23-24-25-26-27-28-29-30-31-32-33-34-35-36-38-39-41-43-45-47-49-51-53-58(61)63-56-57(55-60)64-59(62)54-52-50-48-46-44-42-40-37-20-18-16-14-12-10-8-6-4-2/h6,8,12,14-15,17-18,20-22,57,60H,3-5,7,9-11,13,16,19,23-56H2,1-2H3/b8-6-,14-12-,17-15-,20-18-,22-21-. The molecule has 0 amide bonds. The van der Waals surface area contributed by atoms with Crippen LogP contribution in [0.15, 0.2) is 60.8 Å². The number of aliphatic hydroxyl groups is 1. The number of unbranched alkanes of at least 4 members (excludes halogenated alkanes) is 33. The van der Waals surface area contributed by atoms with Crippen LogP contribution in [0, 0.1) is 0 Å². The van der Waals surface area contributed by atoms with E-state index in [4.69, 9.17) is 9.47 Å². The quantitative estimate of drug-likeness (QED) is 0.0374. The van der Waals surface area contributed by atoms with Crippen molar-refractivity contribution < 1.29 is 24.2 Å². The van der Waals surface area contributed by atoms with Crippen molar-refractivity contribution in [3.05, 3.63) is 60.8 Å². The van der Waals surface area contributed by atoms with Gasteiger partial charge >= 0.3 is 11.9 Å². The van der Waals surface area contributed by atoms with Crippen molar-refractivity contribution in [2.45, 2.75) is 290 Å². The SMILES string of the molecule is CC/C=C\C/C=C\C/C=C\CCCCCCCCCC(=O)OC(CO)COC(=O)CCCCCCCCCCCCCCCCCCCCCCC/C=C\C/C=C\CCCCCCC. The van der Waals surface area contributed by atoms with E-state index in [-0.39, 0.29) is 25.2 Å². The van der Waals surface area contributed by atoms with Crippen LogP contribution in [-0.4, -0.2) is 36.4 Å². The van der Waals surface area contributed by atoms with Crippen molar-refractivity contribution in [3.63, 3.8) is 0 Å². The second-order valence-corrected chi connectivity index (χ2v) is 18.6. The number of hydrogen-bond donors (Lipinski definition) is 1. The topological polar surface area (TPSA) is 72.8 Å². The summed E-state index contributed by atoms with van der Waals surface area (Å²) >= 11 is 0. The summed E-state index contributed by atoms with van der Waals surface area (Å²) in [6.07, 6.45) is 73.4. The van der Waals surface area contributed by atoms with Gasteiger partial charge in [0.1, 0.15) is 6.61 Å². The Balaban J connectivity index is 3.43. The molecule has 1 atom stereocenters. The Morgan fingerprint density at radius 2 is 0.672 bits per heavy atom. The van der Waals surface area contributed by atoms with Gasteiger partial charge in [0.25, 0.3) is 0 Å². The summed E-state index contributed by atoms with van der Waals surface area (Å²) in [6, 6.07) is 0. The van der Waals surface area contributed by atoms with E-state index < -0.39 is 6.10 Å². The third kappa shape index (κ3) is 52.2. The smallest absolute Gasteiger partial charge is 0.306 e. The molecule has 0 heterocycles. The van der Waals surface area contributed by atoms with Crippen LogP contribution < -0.4 is 0 Å². The molecule has 0 fully saturated rings. The van der Waals surface area contributed by atoms with Gasteiger partial charge in [0.2, 0.25) is 0 Å². The number of ether oxygens (including phenoxy) is 2. The first-order valence-electron chi connectivity index (χ1n) is 27.8. The first-order valence-corrected chi connectivity index (χ1v) is 27.8. The van der Waals surface area contributed by atoms with Gasteiger partial charge in [0, 0.05) is 12.8 Å². The molecule has 5 nitrogen and oxygen atoms in total. The Morgan fingerprint density at radius 3 is 1.02 bits per heavy atom. The van der Waals surface area contributed by atoms with Crippen molar-refractivity contribution in [2.24, 2.45) is 0 Å². The lowest BCUT2D eigenvalue weighted by Crippen LogP contribution is -2.28. The number of carbonyl (C=O) groups excluding carboxylic acids is 2. The van der Waals surface area contributed by atoms with Crippen molar-refractivity contribution in [1.29, 1.82) is 0 Å². The fourth-order valence-corrected chi connectivity index (χ4v) is 8.13. The highest BCUT2D eigenvalue weighted by Crippen LogP contribution is 2.17. The minimum atomic E-state index is -0.778. The molecule has 0 aromatic rings. The summed E-state index contributed by atoms with van der Waals surface area (Å²) in [5.41, 5.74) is 0. The summed E-state index contributed by atoms with van der Waals surface area (Å²) in [4.78, 5) is 24.5. The van der Waals surface area contributed by atoms with Gasteiger partial charge < -0.3 is 14.6 Å². The highest BCUT2D eigenvalue weighted by atomic mass is 16.6. The summed E-state index contributed by atoms with van der Waals surface area (Å²) in [5.74, 6) is -0.593. The number of allylic oxidation sites excluding steroid dienone is 10. The highest BCUT2D eigenvalue weighted by Gasteiger charge is 2.16. The average Bonchev–Trinajstić information content (AvgIpc) is 3.30. The molecule has 0 spiro atoms. The van der Waals surface area contributed by atoms with Crippen LogP contribution in [0.3, 0.4) is 0 Å². The Kier molecular flexibility index (Phi) is 52.9. The zero-order valence-electron chi connectivity index (χ0n) is 42.5. The molecule has 0 saturated heterocycles. The molecule has 64 heavy (non-hydrogen) atoms. The summed E-state index contributed by atoms with van der Waals surface area (Å²) in [7, 11) is 0. The molecule has 0 aromatic carbocycles. The fraction of sp³-hybridized carbons (Fsp3) is 0.797. The van der Waals surface area contributed by atoms with E-state index in [1.165, 1.54) is 186 Å². The summed E-state index contributed by atoms with van der Waals surface area (Å²) in [6.45, 7) is 4.04. The lowest BCUT2D eigenvalue weighted by atomic mass is 10.0. The predicted molar refractivity (Wildman–Crippen MR) is 279 cm³/mol. The molecule has 0 aliphatic carbocycles. The van der Waals surface area contributed by atoms with Crippen LogP contribution in [0.25, 0.3) is 0 Å². The molecule has 0 saturated carbocycles. The first-order chi connectivity index (χ1) is 31.6. The molecule has 0 radical (unpaired) electrons. The van der Waals surface area contributed by atoms with Crippen LogP contribution in [0.2, 0.25) is 0 Å². The van der Waals surface area contributed by atoms with Gasteiger partial charge in [-0.3, -0.25) is 9.59 Å². The van der Waals surface area contributed by atoms with Crippen LogP contribution in [-0.2, 0) is 19.1 Å². The number of esters is 2. The van der Waals surface area contributed by atoms with Crippen LogP contribution in [0.5, 0.6) is 0 Å². The summed E-state index contributed by atoms with van der Waals surface area (Å²) < 4.78 is 10.7. The summed E-state index contributed by atoms with van der Waals surface area (Å²) in [5, 5.41) is 9.63.